The van der Waals surface area contributed by atoms with E-state index in [9.17, 15) is 30.8 Å². The van der Waals surface area contributed by atoms with Crippen molar-refractivity contribution in [1.82, 2.24) is 4.98 Å². The fraction of sp³-hybridized carbons (Fsp3) is 0.350. The molecule has 3 N–H and O–H groups in total. The van der Waals surface area contributed by atoms with Crippen LogP contribution in [0.3, 0.4) is 0 Å². The van der Waals surface area contributed by atoms with Gasteiger partial charge in [-0.1, -0.05) is 0 Å². The van der Waals surface area contributed by atoms with Gasteiger partial charge in [-0.15, -0.1) is 0 Å². The van der Waals surface area contributed by atoms with E-state index in [4.69, 9.17) is 5.73 Å². The lowest BCUT2D eigenvalue weighted by molar-refractivity contribution is -0.137. The Kier molecular flexibility index (Phi) is 5.57. The molecule has 172 valence electrons. The Bertz CT molecular complexity index is 1210. The highest BCUT2D eigenvalue weighted by molar-refractivity contribution is 7.93. The normalized spacial score (nSPS) is 22.2. The second kappa shape index (κ2) is 7.54. The Hall–Kier alpha value is -3.02. The van der Waals surface area contributed by atoms with Gasteiger partial charge in [-0.3, -0.25) is 14.8 Å². The minimum absolute atomic E-state index is 0.0744. The molecule has 0 radical (unpaired) electrons. The molecule has 0 bridgehead atoms. The number of hydrogen-bond donors (Lipinski definition) is 2. The molecule has 3 rings (SSSR count). The number of amidine groups is 1. The molecular weight excluding hydrogens is 452 g/mol. The van der Waals surface area contributed by atoms with Crippen LogP contribution in [-0.4, -0.2) is 35.6 Å². The van der Waals surface area contributed by atoms with Crippen LogP contribution in [-0.2, 0) is 21.6 Å². The van der Waals surface area contributed by atoms with Crippen molar-refractivity contribution in [3.63, 3.8) is 0 Å². The van der Waals surface area contributed by atoms with Crippen molar-refractivity contribution in [1.29, 1.82) is 0 Å². The third-order valence-electron chi connectivity index (χ3n) is 5.36. The molecule has 0 fully saturated rings. The molecule has 0 saturated carbocycles. The number of nitrogens with zero attached hydrogens (tertiary/aromatic N) is 2. The molecule has 0 aliphatic carbocycles. The molecule has 1 aliphatic heterocycles. The van der Waals surface area contributed by atoms with Gasteiger partial charge >= 0.3 is 6.18 Å². The van der Waals surface area contributed by atoms with Gasteiger partial charge in [-0.2, -0.15) is 13.2 Å². The van der Waals surface area contributed by atoms with E-state index >= 15 is 0 Å². The standard InChI is InChI=1S/C20H20F4N4O3S/c1-18(2)17(25)28-19(3,10-32(18,30)31)13-8-12(5-6-14(13)21)27-16(29)15-7-4-11(9-26-15)20(22,23)24/h4-9H,10H2,1-3H3,(H2,25,28)(H,27,29). The number of benzene rings is 1. The van der Waals surface area contributed by atoms with Gasteiger partial charge in [0.05, 0.1) is 11.3 Å². The number of rotatable bonds is 3. The molecule has 1 amide bonds. The van der Waals surface area contributed by atoms with Crippen LogP contribution in [0.2, 0.25) is 0 Å². The molecule has 12 heteroatoms. The van der Waals surface area contributed by atoms with E-state index in [-0.39, 0.29) is 22.8 Å². The summed E-state index contributed by atoms with van der Waals surface area (Å²) in [7, 11) is -3.79. The lowest BCUT2D eigenvalue weighted by Gasteiger charge is -2.38. The summed E-state index contributed by atoms with van der Waals surface area (Å²) in [6, 6.07) is 5.07. The number of carbonyl (C=O) groups is 1. The molecule has 1 aromatic carbocycles. The summed E-state index contributed by atoms with van der Waals surface area (Å²) in [4.78, 5) is 20.1. The Morgan fingerprint density at radius 3 is 2.34 bits per heavy atom. The molecule has 0 spiro atoms. The SMILES string of the molecule is CC1(c2cc(NC(=O)c3ccc(C(F)(F)F)cn3)ccc2F)CS(=O)(=O)C(C)(C)C(N)=N1. The zero-order valence-electron chi connectivity index (χ0n) is 17.3. The molecule has 0 saturated heterocycles. The van der Waals surface area contributed by atoms with Gasteiger partial charge in [0.15, 0.2) is 9.84 Å². The first-order valence-electron chi connectivity index (χ1n) is 9.29. The van der Waals surface area contributed by atoms with Crippen molar-refractivity contribution in [2.75, 3.05) is 11.1 Å². The average molecular weight is 472 g/mol. The van der Waals surface area contributed by atoms with E-state index in [0.717, 1.165) is 12.1 Å². The predicted octanol–water partition coefficient (Wildman–Crippen LogP) is 3.27. The first kappa shape index (κ1) is 23.6. The Morgan fingerprint density at radius 2 is 1.81 bits per heavy atom. The summed E-state index contributed by atoms with van der Waals surface area (Å²) in [6.07, 6.45) is -4.07. The number of alkyl halides is 3. The summed E-state index contributed by atoms with van der Waals surface area (Å²) in [5, 5.41) is 2.41. The van der Waals surface area contributed by atoms with E-state index < -0.39 is 49.3 Å². The smallest absolute Gasteiger partial charge is 0.386 e. The fourth-order valence-corrected chi connectivity index (χ4v) is 4.87. The largest absolute Gasteiger partial charge is 0.417 e. The number of aromatic nitrogens is 1. The molecule has 1 aliphatic rings. The summed E-state index contributed by atoms with van der Waals surface area (Å²) < 4.78 is 76.6. The van der Waals surface area contributed by atoms with Crippen molar-refractivity contribution in [3.8, 4) is 0 Å². The number of carbonyl (C=O) groups excluding carboxylic acids is 1. The zero-order chi connectivity index (χ0) is 24.1. The monoisotopic (exact) mass is 472 g/mol. The number of amides is 1. The molecule has 32 heavy (non-hydrogen) atoms. The third-order valence-corrected chi connectivity index (χ3v) is 8.07. The molecule has 1 aromatic heterocycles. The minimum atomic E-state index is -4.60. The van der Waals surface area contributed by atoms with Crippen LogP contribution in [0.15, 0.2) is 41.5 Å². The van der Waals surface area contributed by atoms with Gasteiger partial charge in [0.25, 0.3) is 5.91 Å². The van der Waals surface area contributed by atoms with Crippen molar-refractivity contribution in [2.45, 2.75) is 37.2 Å². The number of nitrogens with two attached hydrogens (primary N) is 1. The molecular formula is C20H20F4N4O3S. The molecule has 1 unspecified atom stereocenters. The molecule has 7 nitrogen and oxygen atoms in total. The molecule has 2 heterocycles. The predicted molar refractivity (Wildman–Crippen MR) is 110 cm³/mol. The highest BCUT2D eigenvalue weighted by Gasteiger charge is 2.49. The van der Waals surface area contributed by atoms with Crippen molar-refractivity contribution in [2.24, 2.45) is 10.7 Å². The maximum atomic E-state index is 14.7. The van der Waals surface area contributed by atoms with Crippen molar-refractivity contribution in [3.05, 3.63) is 59.2 Å². The van der Waals surface area contributed by atoms with Crippen LogP contribution in [0.4, 0.5) is 23.2 Å². The average Bonchev–Trinajstić information content (AvgIpc) is 2.67. The Balaban J connectivity index is 1.93. The third kappa shape index (κ3) is 4.18. The van der Waals surface area contributed by atoms with Gasteiger partial charge in [-0.05, 0) is 51.1 Å². The van der Waals surface area contributed by atoms with E-state index in [1.54, 1.807) is 0 Å². The summed E-state index contributed by atoms with van der Waals surface area (Å²) in [5.41, 5.74) is 2.99. The number of nitrogens with one attached hydrogen (secondary N) is 1. The van der Waals surface area contributed by atoms with Crippen molar-refractivity contribution >= 4 is 27.3 Å². The second-order valence-corrected chi connectivity index (χ2v) is 10.7. The second-order valence-electron chi connectivity index (χ2n) is 8.12. The highest BCUT2D eigenvalue weighted by Crippen LogP contribution is 2.38. The fourth-order valence-electron chi connectivity index (χ4n) is 3.19. The van der Waals surface area contributed by atoms with Crippen LogP contribution in [0.25, 0.3) is 0 Å². The van der Waals surface area contributed by atoms with E-state index in [0.29, 0.717) is 12.3 Å². The number of sulfone groups is 1. The number of hydrogen-bond acceptors (Lipinski definition) is 6. The highest BCUT2D eigenvalue weighted by atomic mass is 32.2. The van der Waals surface area contributed by atoms with E-state index in [1.165, 1.54) is 32.9 Å². The number of halogens is 4. The number of aliphatic imine (C=N–C) groups is 1. The van der Waals surface area contributed by atoms with Crippen molar-refractivity contribution < 1.29 is 30.8 Å². The number of anilines is 1. The lowest BCUT2D eigenvalue weighted by atomic mass is 9.92. The van der Waals surface area contributed by atoms with Crippen LogP contribution in [0.1, 0.15) is 42.4 Å². The van der Waals surface area contributed by atoms with Gasteiger partial charge in [0, 0.05) is 17.4 Å². The van der Waals surface area contributed by atoms with E-state index in [2.05, 4.69) is 15.3 Å². The summed E-state index contributed by atoms with van der Waals surface area (Å²) in [5.74, 6) is -2.27. The Morgan fingerprint density at radius 1 is 1.16 bits per heavy atom. The molecule has 1 atom stereocenters. The van der Waals surface area contributed by atoms with Crippen LogP contribution in [0, 0.1) is 5.82 Å². The summed E-state index contributed by atoms with van der Waals surface area (Å²) >= 11 is 0. The first-order chi connectivity index (χ1) is 14.6. The van der Waals surface area contributed by atoms with Crippen LogP contribution < -0.4 is 11.1 Å². The Labute approximate surface area is 181 Å². The van der Waals surface area contributed by atoms with Gasteiger partial charge in [-0.25, -0.2) is 12.8 Å². The first-order valence-corrected chi connectivity index (χ1v) is 10.9. The topological polar surface area (TPSA) is 115 Å². The zero-order valence-corrected chi connectivity index (χ0v) is 18.1. The minimum Gasteiger partial charge on any atom is -0.386 e. The molecule has 2 aromatic rings. The number of pyridine rings is 1. The van der Waals surface area contributed by atoms with Gasteiger partial charge in [0.2, 0.25) is 0 Å². The quantitative estimate of drug-likeness (QED) is 0.666. The lowest BCUT2D eigenvalue weighted by Crippen LogP contribution is -2.55. The van der Waals surface area contributed by atoms with E-state index in [1.807, 2.05) is 0 Å². The van der Waals surface area contributed by atoms with Gasteiger partial charge < -0.3 is 11.1 Å². The summed E-state index contributed by atoms with van der Waals surface area (Å²) in [6.45, 7) is 4.23. The van der Waals surface area contributed by atoms with Crippen LogP contribution in [0.5, 0.6) is 0 Å². The van der Waals surface area contributed by atoms with Gasteiger partial charge in [0.1, 0.15) is 27.6 Å². The van der Waals surface area contributed by atoms with Crippen LogP contribution >= 0.6 is 0 Å². The maximum Gasteiger partial charge on any atom is 0.417 e. The maximum absolute atomic E-state index is 14.7.